The van der Waals surface area contributed by atoms with Crippen LogP contribution in [0.2, 0.25) is 0 Å². The van der Waals surface area contributed by atoms with E-state index in [2.05, 4.69) is 10.2 Å². The first-order chi connectivity index (χ1) is 8.40. The van der Waals surface area contributed by atoms with Crippen LogP contribution in [0.25, 0.3) is 0 Å². The first-order valence-corrected chi connectivity index (χ1v) is 6.61. The molecular formula is C13H26N2O3. The third-order valence-electron chi connectivity index (χ3n) is 2.84. The molecule has 0 aromatic rings. The molecule has 106 valence electrons. The Hall–Kier alpha value is -0.810. The van der Waals surface area contributed by atoms with Crippen molar-refractivity contribution in [2.75, 3.05) is 33.4 Å². The zero-order valence-electron chi connectivity index (χ0n) is 12.0. The molecule has 1 aliphatic heterocycles. The molecule has 1 saturated heterocycles. The zero-order valence-corrected chi connectivity index (χ0v) is 12.0. The molecule has 1 aliphatic rings. The second kappa shape index (κ2) is 6.95. The molecule has 1 amide bonds. The van der Waals surface area contributed by atoms with Crippen molar-refractivity contribution < 1.29 is 14.3 Å². The van der Waals surface area contributed by atoms with Crippen LogP contribution in [0.3, 0.4) is 0 Å². The van der Waals surface area contributed by atoms with Crippen molar-refractivity contribution in [1.82, 2.24) is 10.2 Å². The van der Waals surface area contributed by atoms with Crippen molar-refractivity contribution in [3.8, 4) is 0 Å². The summed E-state index contributed by atoms with van der Waals surface area (Å²) in [7, 11) is 1.71. The lowest BCUT2D eigenvalue weighted by atomic mass is 10.1. The summed E-state index contributed by atoms with van der Waals surface area (Å²) in [5, 5.41) is 2.94. The minimum atomic E-state index is -0.436. The second-order valence-corrected chi connectivity index (χ2v) is 5.78. The number of hydrogen-bond donors (Lipinski definition) is 1. The van der Waals surface area contributed by atoms with E-state index in [1.807, 2.05) is 20.8 Å². The van der Waals surface area contributed by atoms with Crippen LogP contribution in [0, 0.1) is 0 Å². The molecule has 0 saturated carbocycles. The van der Waals surface area contributed by atoms with Gasteiger partial charge in [-0.3, -0.25) is 4.90 Å². The average Bonchev–Trinajstić information content (AvgIpc) is 2.24. The fraction of sp³-hybridized carbons (Fsp3) is 0.923. The summed E-state index contributed by atoms with van der Waals surface area (Å²) in [6, 6.07) is 0.186. The summed E-state index contributed by atoms with van der Waals surface area (Å²) in [6.45, 7) is 9.23. The number of likely N-dealkylation sites (tertiary alicyclic amines) is 1. The van der Waals surface area contributed by atoms with Gasteiger partial charge in [-0.1, -0.05) is 0 Å². The summed E-state index contributed by atoms with van der Waals surface area (Å²) < 4.78 is 10.3. The maximum absolute atomic E-state index is 11.7. The predicted molar refractivity (Wildman–Crippen MR) is 70.7 cm³/mol. The Bertz CT molecular complexity index is 263. The molecule has 1 atom stereocenters. The van der Waals surface area contributed by atoms with Gasteiger partial charge in [0.05, 0.1) is 6.61 Å². The van der Waals surface area contributed by atoms with Gasteiger partial charge in [-0.25, -0.2) is 4.79 Å². The molecule has 1 rings (SSSR count). The maximum atomic E-state index is 11.7. The Balaban J connectivity index is 2.31. The number of carbonyl (C=O) groups excluding carboxylic acids is 1. The molecule has 5 nitrogen and oxygen atoms in total. The molecule has 18 heavy (non-hydrogen) atoms. The van der Waals surface area contributed by atoms with Gasteiger partial charge in [-0.15, -0.1) is 0 Å². The van der Waals surface area contributed by atoms with Gasteiger partial charge >= 0.3 is 6.09 Å². The van der Waals surface area contributed by atoms with E-state index in [9.17, 15) is 4.79 Å². The zero-order chi connectivity index (χ0) is 13.6. The third-order valence-corrected chi connectivity index (χ3v) is 2.84. The first kappa shape index (κ1) is 15.2. The van der Waals surface area contributed by atoms with Crippen LogP contribution in [0.4, 0.5) is 4.79 Å². The van der Waals surface area contributed by atoms with Gasteiger partial charge in [-0.05, 0) is 40.2 Å². The number of alkyl carbamates (subject to hydrolysis) is 1. The smallest absolute Gasteiger partial charge is 0.407 e. The number of methoxy groups -OCH3 is 1. The van der Waals surface area contributed by atoms with Gasteiger partial charge in [0, 0.05) is 26.2 Å². The molecule has 0 bridgehead atoms. The quantitative estimate of drug-likeness (QED) is 0.832. The van der Waals surface area contributed by atoms with Gasteiger partial charge in [-0.2, -0.15) is 0 Å². The second-order valence-electron chi connectivity index (χ2n) is 5.78. The largest absolute Gasteiger partial charge is 0.444 e. The lowest BCUT2D eigenvalue weighted by Gasteiger charge is -2.33. The number of amides is 1. The monoisotopic (exact) mass is 258 g/mol. The van der Waals surface area contributed by atoms with Crippen LogP contribution in [0.1, 0.15) is 33.6 Å². The third kappa shape index (κ3) is 6.21. The highest BCUT2D eigenvalue weighted by Gasteiger charge is 2.23. The van der Waals surface area contributed by atoms with Gasteiger partial charge < -0.3 is 14.8 Å². The normalized spacial score (nSPS) is 21.7. The number of hydrogen-bond acceptors (Lipinski definition) is 4. The summed E-state index contributed by atoms with van der Waals surface area (Å²) in [5.41, 5.74) is -0.436. The fourth-order valence-electron chi connectivity index (χ4n) is 2.07. The number of ether oxygens (including phenoxy) is 2. The van der Waals surface area contributed by atoms with E-state index < -0.39 is 5.60 Å². The van der Waals surface area contributed by atoms with Crippen molar-refractivity contribution >= 4 is 6.09 Å². The van der Waals surface area contributed by atoms with E-state index in [1.165, 1.54) is 0 Å². The number of rotatable bonds is 4. The van der Waals surface area contributed by atoms with E-state index in [-0.39, 0.29) is 12.1 Å². The SMILES string of the molecule is COCCN1CCC[C@@H](NC(=O)OC(C)(C)C)C1. The van der Waals surface area contributed by atoms with Crippen LogP contribution in [-0.4, -0.2) is 56.0 Å². The van der Waals surface area contributed by atoms with Crippen LogP contribution in [0.15, 0.2) is 0 Å². The number of nitrogens with zero attached hydrogens (tertiary/aromatic N) is 1. The van der Waals surface area contributed by atoms with Crippen molar-refractivity contribution in [1.29, 1.82) is 0 Å². The molecule has 0 aliphatic carbocycles. The highest BCUT2D eigenvalue weighted by atomic mass is 16.6. The van der Waals surface area contributed by atoms with Crippen molar-refractivity contribution in [3.05, 3.63) is 0 Å². The standard InChI is InChI=1S/C13H26N2O3/c1-13(2,3)18-12(16)14-11-6-5-7-15(10-11)8-9-17-4/h11H,5-10H2,1-4H3,(H,14,16)/t11-/m1/s1. The molecule has 0 aromatic heterocycles. The van der Waals surface area contributed by atoms with Gasteiger partial charge in [0.2, 0.25) is 0 Å². The number of nitrogens with one attached hydrogen (secondary N) is 1. The Morgan fingerprint density at radius 3 is 2.78 bits per heavy atom. The van der Waals surface area contributed by atoms with Crippen LogP contribution in [-0.2, 0) is 9.47 Å². The van der Waals surface area contributed by atoms with E-state index in [4.69, 9.17) is 9.47 Å². The Morgan fingerprint density at radius 2 is 2.17 bits per heavy atom. The van der Waals surface area contributed by atoms with Crippen molar-refractivity contribution in [3.63, 3.8) is 0 Å². The minimum Gasteiger partial charge on any atom is -0.444 e. The highest BCUT2D eigenvalue weighted by molar-refractivity contribution is 5.68. The lowest BCUT2D eigenvalue weighted by Crippen LogP contribution is -2.49. The topological polar surface area (TPSA) is 50.8 Å². The van der Waals surface area contributed by atoms with E-state index >= 15 is 0 Å². The van der Waals surface area contributed by atoms with Crippen molar-refractivity contribution in [2.24, 2.45) is 0 Å². The fourth-order valence-corrected chi connectivity index (χ4v) is 2.07. The summed E-state index contributed by atoms with van der Waals surface area (Å²) in [4.78, 5) is 14.0. The van der Waals surface area contributed by atoms with Crippen LogP contribution < -0.4 is 5.32 Å². The Morgan fingerprint density at radius 1 is 1.44 bits per heavy atom. The lowest BCUT2D eigenvalue weighted by molar-refractivity contribution is 0.0463. The predicted octanol–water partition coefficient (Wildman–Crippen LogP) is 1.62. The first-order valence-electron chi connectivity index (χ1n) is 6.61. The molecule has 0 unspecified atom stereocenters. The van der Waals surface area contributed by atoms with E-state index in [0.29, 0.717) is 0 Å². The van der Waals surface area contributed by atoms with Crippen LogP contribution in [0.5, 0.6) is 0 Å². The summed E-state index contributed by atoms with van der Waals surface area (Å²) in [6.07, 6.45) is 1.80. The van der Waals surface area contributed by atoms with Gasteiger partial charge in [0.1, 0.15) is 5.60 Å². The molecule has 5 heteroatoms. The Labute approximate surface area is 110 Å². The molecule has 0 radical (unpaired) electrons. The molecule has 0 aromatic carbocycles. The summed E-state index contributed by atoms with van der Waals surface area (Å²) in [5.74, 6) is 0. The molecule has 1 fully saturated rings. The average molecular weight is 258 g/mol. The number of carbonyl (C=O) groups is 1. The van der Waals surface area contributed by atoms with Gasteiger partial charge in [0.25, 0.3) is 0 Å². The van der Waals surface area contributed by atoms with E-state index in [1.54, 1.807) is 7.11 Å². The highest BCUT2D eigenvalue weighted by Crippen LogP contribution is 2.11. The molecular weight excluding hydrogens is 232 g/mol. The number of piperidine rings is 1. The van der Waals surface area contributed by atoms with Crippen LogP contribution >= 0.6 is 0 Å². The van der Waals surface area contributed by atoms with E-state index in [0.717, 1.165) is 39.1 Å². The minimum absolute atomic E-state index is 0.186. The molecule has 1 heterocycles. The molecule has 1 N–H and O–H groups in total. The molecule has 0 spiro atoms. The Kier molecular flexibility index (Phi) is 5.88. The maximum Gasteiger partial charge on any atom is 0.407 e. The van der Waals surface area contributed by atoms with Gasteiger partial charge in [0.15, 0.2) is 0 Å². The summed E-state index contributed by atoms with van der Waals surface area (Å²) >= 11 is 0. The van der Waals surface area contributed by atoms with Crippen molar-refractivity contribution in [2.45, 2.75) is 45.3 Å².